The van der Waals surface area contributed by atoms with Gasteiger partial charge in [0.25, 0.3) is 17.5 Å². The van der Waals surface area contributed by atoms with Gasteiger partial charge in [-0.25, -0.2) is 0 Å². The summed E-state index contributed by atoms with van der Waals surface area (Å²) in [5.41, 5.74) is 0.783. The van der Waals surface area contributed by atoms with E-state index < -0.39 is 4.92 Å². The zero-order valence-electron chi connectivity index (χ0n) is 14.9. The van der Waals surface area contributed by atoms with Gasteiger partial charge in [0.15, 0.2) is 5.76 Å². The molecule has 3 aromatic rings. The second-order valence-electron chi connectivity index (χ2n) is 5.96. The fourth-order valence-corrected chi connectivity index (χ4v) is 2.68. The van der Waals surface area contributed by atoms with Crippen molar-refractivity contribution < 1.29 is 18.6 Å². The van der Waals surface area contributed by atoms with Crippen molar-refractivity contribution in [2.45, 2.75) is 26.8 Å². The average molecular weight is 370 g/mol. The molecule has 0 bridgehead atoms. The molecule has 0 unspecified atom stereocenters. The number of benzene rings is 1. The van der Waals surface area contributed by atoms with E-state index in [1.54, 1.807) is 24.0 Å². The van der Waals surface area contributed by atoms with E-state index in [0.29, 0.717) is 23.4 Å². The number of nitro benzene ring substituents is 1. The Labute approximate surface area is 154 Å². The third-order valence-corrected chi connectivity index (χ3v) is 3.95. The summed E-state index contributed by atoms with van der Waals surface area (Å²) in [7, 11) is 0. The molecule has 140 valence electrons. The van der Waals surface area contributed by atoms with Crippen LogP contribution in [0.25, 0.3) is 11.7 Å². The number of nitro groups is 1. The van der Waals surface area contributed by atoms with Gasteiger partial charge in [-0.1, -0.05) is 6.92 Å². The second kappa shape index (κ2) is 7.81. The summed E-state index contributed by atoms with van der Waals surface area (Å²) in [4.78, 5) is 24.9. The zero-order valence-corrected chi connectivity index (χ0v) is 14.9. The lowest BCUT2D eigenvalue weighted by Gasteiger charge is -2.20. The highest BCUT2D eigenvalue weighted by atomic mass is 16.6. The smallest absolute Gasteiger partial charge is 0.283 e. The predicted octanol–water partition coefficient (Wildman–Crippen LogP) is 3.60. The van der Waals surface area contributed by atoms with Crippen LogP contribution in [-0.2, 0) is 6.54 Å². The first-order valence-electron chi connectivity index (χ1n) is 8.40. The molecule has 3 rings (SSSR count). The maximum Gasteiger partial charge on any atom is 0.283 e. The van der Waals surface area contributed by atoms with Crippen LogP contribution in [-0.4, -0.2) is 32.5 Å². The Morgan fingerprint density at radius 2 is 2.11 bits per heavy atom. The highest BCUT2D eigenvalue weighted by Gasteiger charge is 2.21. The number of nitrogens with zero attached hydrogens (tertiary/aromatic N) is 4. The summed E-state index contributed by atoms with van der Waals surface area (Å²) in [5.74, 6) is 0.715. The van der Waals surface area contributed by atoms with Gasteiger partial charge in [-0.2, -0.15) is 0 Å². The van der Waals surface area contributed by atoms with Gasteiger partial charge in [0.1, 0.15) is 0 Å². The van der Waals surface area contributed by atoms with Crippen molar-refractivity contribution >= 4 is 11.6 Å². The Morgan fingerprint density at radius 3 is 2.74 bits per heavy atom. The first kappa shape index (κ1) is 18.3. The maximum absolute atomic E-state index is 12.9. The third-order valence-electron chi connectivity index (χ3n) is 3.95. The Bertz CT molecular complexity index is 949. The van der Waals surface area contributed by atoms with Gasteiger partial charge < -0.3 is 13.7 Å². The number of furan rings is 1. The standard InChI is InChI=1S/C18H18N4O5/c1-3-8-21(11-16-19-20-17(27-16)15-5-4-9-26-15)18(23)13-6-7-14(22(24)25)12(2)10-13/h4-7,9-10H,3,8,11H2,1-2H3. The summed E-state index contributed by atoms with van der Waals surface area (Å²) in [5, 5.41) is 18.8. The molecule has 0 fully saturated rings. The zero-order chi connectivity index (χ0) is 19.4. The van der Waals surface area contributed by atoms with Crippen molar-refractivity contribution in [2.24, 2.45) is 0 Å². The number of hydrogen-bond donors (Lipinski definition) is 0. The molecular weight excluding hydrogens is 352 g/mol. The SMILES string of the molecule is CCCN(Cc1nnc(-c2ccco2)o1)C(=O)c1ccc([N+](=O)[O-])c(C)c1. The van der Waals surface area contributed by atoms with E-state index in [2.05, 4.69) is 10.2 Å². The molecule has 27 heavy (non-hydrogen) atoms. The molecule has 0 atom stereocenters. The Hall–Kier alpha value is -3.49. The lowest BCUT2D eigenvalue weighted by atomic mass is 10.1. The minimum atomic E-state index is -0.470. The first-order valence-corrected chi connectivity index (χ1v) is 8.40. The van der Waals surface area contributed by atoms with Crippen LogP contribution in [0.2, 0.25) is 0 Å². The lowest BCUT2D eigenvalue weighted by Crippen LogP contribution is -2.31. The number of carbonyl (C=O) groups excluding carboxylic acids is 1. The molecule has 0 aliphatic heterocycles. The molecule has 0 saturated heterocycles. The number of rotatable bonds is 7. The number of hydrogen-bond acceptors (Lipinski definition) is 7. The number of amides is 1. The molecule has 1 aromatic carbocycles. The average Bonchev–Trinajstić information content (AvgIpc) is 3.31. The van der Waals surface area contributed by atoms with Gasteiger partial charge in [-0.3, -0.25) is 14.9 Å². The van der Waals surface area contributed by atoms with E-state index in [-0.39, 0.29) is 29.9 Å². The molecule has 0 saturated carbocycles. The Balaban J connectivity index is 1.80. The minimum absolute atomic E-state index is 0.0198. The highest BCUT2D eigenvalue weighted by Crippen LogP contribution is 2.22. The van der Waals surface area contributed by atoms with E-state index in [9.17, 15) is 14.9 Å². The second-order valence-corrected chi connectivity index (χ2v) is 5.96. The summed E-state index contributed by atoms with van der Waals surface area (Å²) >= 11 is 0. The van der Waals surface area contributed by atoms with Gasteiger partial charge >= 0.3 is 0 Å². The van der Waals surface area contributed by atoms with Crippen LogP contribution < -0.4 is 0 Å². The number of aryl methyl sites for hydroxylation is 1. The predicted molar refractivity (Wildman–Crippen MR) is 94.9 cm³/mol. The highest BCUT2D eigenvalue weighted by molar-refractivity contribution is 5.94. The number of aromatic nitrogens is 2. The lowest BCUT2D eigenvalue weighted by molar-refractivity contribution is -0.385. The van der Waals surface area contributed by atoms with E-state index in [4.69, 9.17) is 8.83 Å². The Morgan fingerprint density at radius 1 is 1.30 bits per heavy atom. The van der Waals surface area contributed by atoms with Crippen molar-refractivity contribution in [3.63, 3.8) is 0 Å². The van der Waals surface area contributed by atoms with E-state index >= 15 is 0 Å². The van der Waals surface area contributed by atoms with E-state index in [1.165, 1.54) is 24.5 Å². The maximum atomic E-state index is 12.9. The molecule has 0 N–H and O–H groups in total. The van der Waals surface area contributed by atoms with Crippen molar-refractivity contribution in [1.82, 2.24) is 15.1 Å². The van der Waals surface area contributed by atoms with Gasteiger partial charge in [0.2, 0.25) is 5.89 Å². The molecule has 2 aromatic heterocycles. The van der Waals surface area contributed by atoms with Crippen molar-refractivity contribution in [3.05, 3.63) is 63.7 Å². The fourth-order valence-electron chi connectivity index (χ4n) is 2.68. The molecular formula is C18H18N4O5. The fraction of sp³-hybridized carbons (Fsp3) is 0.278. The molecule has 9 heteroatoms. The monoisotopic (exact) mass is 370 g/mol. The van der Waals surface area contributed by atoms with Crippen LogP contribution in [0, 0.1) is 17.0 Å². The van der Waals surface area contributed by atoms with Crippen LogP contribution >= 0.6 is 0 Å². The van der Waals surface area contributed by atoms with Crippen molar-refractivity contribution in [1.29, 1.82) is 0 Å². The molecule has 1 amide bonds. The topological polar surface area (TPSA) is 116 Å². The Kier molecular flexibility index (Phi) is 5.30. The normalized spacial score (nSPS) is 10.7. The van der Waals surface area contributed by atoms with Crippen LogP contribution in [0.15, 0.2) is 45.4 Å². The first-order chi connectivity index (χ1) is 13.0. The molecule has 9 nitrogen and oxygen atoms in total. The van der Waals surface area contributed by atoms with Crippen LogP contribution in [0.5, 0.6) is 0 Å². The van der Waals surface area contributed by atoms with Gasteiger partial charge in [0.05, 0.1) is 17.7 Å². The minimum Gasteiger partial charge on any atom is -0.459 e. The molecule has 0 radical (unpaired) electrons. The largest absolute Gasteiger partial charge is 0.459 e. The quantitative estimate of drug-likeness (QED) is 0.461. The summed E-state index contributed by atoms with van der Waals surface area (Å²) in [6, 6.07) is 7.73. The van der Waals surface area contributed by atoms with E-state index in [0.717, 1.165) is 6.42 Å². The van der Waals surface area contributed by atoms with E-state index in [1.807, 2.05) is 6.92 Å². The van der Waals surface area contributed by atoms with Gasteiger partial charge in [0, 0.05) is 23.7 Å². The van der Waals surface area contributed by atoms with Crippen molar-refractivity contribution in [3.8, 4) is 11.7 Å². The molecule has 0 spiro atoms. The summed E-state index contributed by atoms with van der Waals surface area (Å²) in [6.45, 7) is 4.17. The van der Waals surface area contributed by atoms with Gasteiger partial charge in [-0.05, 0) is 37.6 Å². The number of carbonyl (C=O) groups is 1. The summed E-state index contributed by atoms with van der Waals surface area (Å²) < 4.78 is 10.8. The van der Waals surface area contributed by atoms with Crippen LogP contribution in [0.4, 0.5) is 5.69 Å². The summed E-state index contributed by atoms with van der Waals surface area (Å²) in [6.07, 6.45) is 2.24. The van der Waals surface area contributed by atoms with Crippen LogP contribution in [0.1, 0.15) is 35.2 Å². The molecule has 0 aliphatic rings. The van der Waals surface area contributed by atoms with Gasteiger partial charge in [-0.15, -0.1) is 10.2 Å². The molecule has 2 heterocycles. The molecule has 0 aliphatic carbocycles. The van der Waals surface area contributed by atoms with Crippen LogP contribution in [0.3, 0.4) is 0 Å². The van der Waals surface area contributed by atoms with Crippen molar-refractivity contribution in [2.75, 3.05) is 6.54 Å². The third kappa shape index (κ3) is 4.02.